The number of rotatable bonds is 7. The van der Waals surface area contributed by atoms with Crippen LogP contribution < -0.4 is 4.74 Å². The smallest absolute Gasteiger partial charge is 0.160 e. The van der Waals surface area contributed by atoms with Gasteiger partial charge in [-0.2, -0.15) is 0 Å². The van der Waals surface area contributed by atoms with E-state index in [1.165, 1.54) is 12.7 Å². The number of aromatic hydroxyl groups is 2. The maximum atomic E-state index is 9.96. The monoisotopic (exact) mass is 342 g/mol. The lowest BCUT2D eigenvalue weighted by Gasteiger charge is -2.14. The number of aliphatic hydroxyl groups is 1. The van der Waals surface area contributed by atoms with Crippen molar-refractivity contribution in [1.82, 2.24) is 0 Å². The molecule has 3 N–H and O–H groups in total. The molecule has 2 aromatic rings. The summed E-state index contributed by atoms with van der Waals surface area (Å²) in [5.41, 5.74) is 5.10. The molecule has 0 radical (unpaired) electrons. The van der Waals surface area contributed by atoms with Gasteiger partial charge in [-0.3, -0.25) is 0 Å². The molecule has 0 bridgehead atoms. The predicted molar refractivity (Wildman–Crippen MR) is 99.2 cm³/mol. The van der Waals surface area contributed by atoms with Gasteiger partial charge in [0.15, 0.2) is 11.5 Å². The van der Waals surface area contributed by atoms with Gasteiger partial charge in [0, 0.05) is 0 Å². The number of phenolic OH excluding ortho intramolecular Hbond substituents is 2. The first kappa shape index (κ1) is 18.9. The van der Waals surface area contributed by atoms with E-state index in [0.29, 0.717) is 5.75 Å². The zero-order valence-electron chi connectivity index (χ0n) is 15.0. The fourth-order valence-electron chi connectivity index (χ4n) is 2.87. The van der Waals surface area contributed by atoms with E-state index in [4.69, 9.17) is 4.74 Å². The van der Waals surface area contributed by atoms with Gasteiger partial charge < -0.3 is 20.1 Å². The number of ether oxygens (including phenoxy) is 1. The number of allylic oxidation sites excluding steroid dienone is 2. The maximum Gasteiger partial charge on any atom is 0.160 e. The Hall–Kier alpha value is -2.46. The quantitative estimate of drug-likeness (QED) is 0.668. The Morgan fingerprint density at radius 1 is 1.04 bits per heavy atom. The second-order valence-corrected chi connectivity index (χ2v) is 6.39. The van der Waals surface area contributed by atoms with Crippen molar-refractivity contribution in [2.24, 2.45) is 0 Å². The molecular formula is C21H26O4. The number of phenols is 2. The van der Waals surface area contributed by atoms with Crippen LogP contribution in [0.2, 0.25) is 0 Å². The van der Waals surface area contributed by atoms with E-state index in [0.717, 1.165) is 41.5 Å². The average Bonchev–Trinajstić information content (AvgIpc) is 2.59. The van der Waals surface area contributed by atoms with E-state index in [9.17, 15) is 15.3 Å². The maximum absolute atomic E-state index is 9.96. The molecule has 2 aromatic carbocycles. The van der Waals surface area contributed by atoms with Crippen LogP contribution in [0.25, 0.3) is 0 Å². The first-order valence-electron chi connectivity index (χ1n) is 8.38. The van der Waals surface area contributed by atoms with Crippen LogP contribution in [0, 0.1) is 0 Å². The Morgan fingerprint density at radius 2 is 1.76 bits per heavy atom. The molecular weight excluding hydrogens is 316 g/mol. The van der Waals surface area contributed by atoms with Gasteiger partial charge in [-0.05, 0) is 79.6 Å². The topological polar surface area (TPSA) is 69.9 Å². The zero-order valence-corrected chi connectivity index (χ0v) is 15.0. The normalized spacial score (nSPS) is 10.6. The number of hydrogen-bond donors (Lipinski definition) is 3. The molecule has 0 atom stereocenters. The van der Waals surface area contributed by atoms with Crippen molar-refractivity contribution < 1.29 is 20.1 Å². The molecule has 0 aromatic heterocycles. The molecule has 0 saturated heterocycles. The number of aryl methyl sites for hydroxylation is 2. The van der Waals surface area contributed by atoms with E-state index >= 15 is 0 Å². The van der Waals surface area contributed by atoms with E-state index in [2.05, 4.69) is 6.08 Å². The third kappa shape index (κ3) is 5.00. The highest BCUT2D eigenvalue weighted by molar-refractivity contribution is 5.45. The van der Waals surface area contributed by atoms with Gasteiger partial charge in [0.2, 0.25) is 0 Å². The molecule has 0 heterocycles. The van der Waals surface area contributed by atoms with Crippen molar-refractivity contribution in [2.45, 2.75) is 39.7 Å². The van der Waals surface area contributed by atoms with Crippen LogP contribution in [0.3, 0.4) is 0 Å². The fraction of sp³-hybridized carbons (Fsp3) is 0.333. The summed E-state index contributed by atoms with van der Waals surface area (Å²) in [6.07, 6.45) is 4.32. The molecule has 0 aliphatic rings. The van der Waals surface area contributed by atoms with E-state index < -0.39 is 0 Å². The van der Waals surface area contributed by atoms with Crippen LogP contribution in [0.15, 0.2) is 42.0 Å². The second-order valence-electron chi connectivity index (χ2n) is 6.39. The SMILES string of the molecule is COc1cc(CCc2cc(O)cc(CO)c2CC=C(C)C)ccc1O. The predicted octanol–water partition coefficient (Wildman–Crippen LogP) is 3.89. The Labute approximate surface area is 149 Å². The molecule has 4 heteroatoms. The molecule has 0 unspecified atom stereocenters. The third-order valence-electron chi connectivity index (χ3n) is 4.23. The van der Waals surface area contributed by atoms with Crippen molar-refractivity contribution in [3.8, 4) is 17.2 Å². The number of benzene rings is 2. The van der Waals surface area contributed by atoms with Crippen LogP contribution in [0.1, 0.15) is 36.1 Å². The summed E-state index contributed by atoms with van der Waals surface area (Å²) >= 11 is 0. The molecule has 0 aliphatic carbocycles. The first-order chi connectivity index (χ1) is 11.9. The lowest BCUT2D eigenvalue weighted by molar-refractivity contribution is 0.280. The van der Waals surface area contributed by atoms with Gasteiger partial charge in [-0.1, -0.05) is 17.7 Å². The molecule has 25 heavy (non-hydrogen) atoms. The minimum atomic E-state index is -0.0969. The summed E-state index contributed by atoms with van der Waals surface area (Å²) in [5.74, 6) is 0.743. The van der Waals surface area contributed by atoms with Crippen LogP contribution in [0.5, 0.6) is 17.2 Å². The average molecular weight is 342 g/mol. The van der Waals surface area contributed by atoms with E-state index in [1.54, 1.807) is 18.2 Å². The van der Waals surface area contributed by atoms with Gasteiger partial charge >= 0.3 is 0 Å². The molecule has 4 nitrogen and oxygen atoms in total. The van der Waals surface area contributed by atoms with Crippen LogP contribution in [0.4, 0.5) is 0 Å². The van der Waals surface area contributed by atoms with Crippen LogP contribution in [-0.2, 0) is 25.9 Å². The van der Waals surface area contributed by atoms with Gasteiger partial charge in [0.05, 0.1) is 13.7 Å². The van der Waals surface area contributed by atoms with Crippen molar-refractivity contribution in [2.75, 3.05) is 7.11 Å². The summed E-state index contributed by atoms with van der Waals surface area (Å²) in [5, 5.41) is 29.3. The highest BCUT2D eigenvalue weighted by atomic mass is 16.5. The second kappa shape index (κ2) is 8.58. The molecule has 134 valence electrons. The van der Waals surface area contributed by atoms with Gasteiger partial charge in [0.1, 0.15) is 5.75 Å². The Morgan fingerprint density at radius 3 is 2.40 bits per heavy atom. The Bertz CT molecular complexity index is 759. The van der Waals surface area contributed by atoms with Gasteiger partial charge in [0.25, 0.3) is 0 Å². The van der Waals surface area contributed by atoms with Crippen LogP contribution >= 0.6 is 0 Å². The Balaban J connectivity index is 2.28. The fourth-order valence-corrected chi connectivity index (χ4v) is 2.87. The number of methoxy groups -OCH3 is 1. The minimum absolute atomic E-state index is 0.0969. The van der Waals surface area contributed by atoms with Crippen molar-refractivity contribution in [3.63, 3.8) is 0 Å². The molecule has 0 fully saturated rings. The first-order valence-corrected chi connectivity index (χ1v) is 8.38. The molecule has 0 amide bonds. The third-order valence-corrected chi connectivity index (χ3v) is 4.23. The summed E-state index contributed by atoms with van der Waals surface area (Å²) in [7, 11) is 1.53. The number of hydrogen-bond acceptors (Lipinski definition) is 4. The molecule has 2 rings (SSSR count). The van der Waals surface area contributed by atoms with E-state index in [-0.39, 0.29) is 18.1 Å². The number of aliphatic hydroxyl groups excluding tert-OH is 1. The van der Waals surface area contributed by atoms with Gasteiger partial charge in [-0.15, -0.1) is 0 Å². The zero-order chi connectivity index (χ0) is 18.4. The highest BCUT2D eigenvalue weighted by Gasteiger charge is 2.11. The highest BCUT2D eigenvalue weighted by Crippen LogP contribution is 2.28. The van der Waals surface area contributed by atoms with Crippen molar-refractivity contribution in [1.29, 1.82) is 0 Å². The summed E-state index contributed by atoms with van der Waals surface area (Å²) in [4.78, 5) is 0. The summed E-state index contributed by atoms with van der Waals surface area (Å²) in [6, 6.07) is 8.70. The molecule has 0 saturated carbocycles. The van der Waals surface area contributed by atoms with Crippen LogP contribution in [-0.4, -0.2) is 22.4 Å². The lowest BCUT2D eigenvalue weighted by atomic mass is 9.93. The van der Waals surface area contributed by atoms with Crippen molar-refractivity contribution >= 4 is 0 Å². The standard InChI is InChI=1S/C21H26O4/c1-14(2)4-8-19-16(11-18(23)12-17(19)13-22)7-5-15-6-9-20(24)21(10-15)25-3/h4,6,9-12,22-24H,5,7-8,13H2,1-3H3. The largest absolute Gasteiger partial charge is 0.508 e. The molecule has 0 spiro atoms. The summed E-state index contributed by atoms with van der Waals surface area (Å²) < 4.78 is 5.15. The Kier molecular flexibility index (Phi) is 6.48. The molecule has 0 aliphatic heterocycles. The van der Waals surface area contributed by atoms with Crippen molar-refractivity contribution in [3.05, 3.63) is 64.2 Å². The summed E-state index contributed by atoms with van der Waals surface area (Å²) in [6.45, 7) is 3.99. The lowest BCUT2D eigenvalue weighted by Crippen LogP contribution is -2.02. The van der Waals surface area contributed by atoms with Gasteiger partial charge in [-0.25, -0.2) is 0 Å². The van der Waals surface area contributed by atoms with E-state index in [1.807, 2.05) is 26.0 Å². The minimum Gasteiger partial charge on any atom is -0.508 e.